The van der Waals surface area contributed by atoms with Crippen LogP contribution in [0, 0.1) is 13.8 Å². The van der Waals surface area contributed by atoms with Gasteiger partial charge in [0.1, 0.15) is 6.04 Å². The third kappa shape index (κ3) is 4.19. The Morgan fingerprint density at radius 3 is 2.28 bits per heavy atom. The van der Waals surface area contributed by atoms with Gasteiger partial charge >= 0.3 is 6.18 Å². The molecule has 0 aliphatic heterocycles. The Balaban J connectivity index is 2.20. The first-order valence-corrected chi connectivity index (χ1v) is 7.76. The second-order valence-electron chi connectivity index (χ2n) is 5.84. The van der Waals surface area contributed by atoms with E-state index >= 15 is 0 Å². The lowest BCUT2D eigenvalue weighted by Gasteiger charge is -2.22. The van der Waals surface area contributed by atoms with Gasteiger partial charge in [-0.05, 0) is 31.5 Å². The maximum Gasteiger partial charge on any atom is 0.408 e. The van der Waals surface area contributed by atoms with Crippen molar-refractivity contribution in [2.75, 3.05) is 7.05 Å². The molecule has 5 nitrogen and oxygen atoms in total. The molecule has 0 bridgehead atoms. The molecule has 2 aromatic rings. The minimum atomic E-state index is -4.44. The number of halogens is 3. The van der Waals surface area contributed by atoms with Gasteiger partial charge < -0.3 is 5.32 Å². The lowest BCUT2D eigenvalue weighted by atomic mass is 10.0. The zero-order valence-corrected chi connectivity index (χ0v) is 14.5. The van der Waals surface area contributed by atoms with Crippen LogP contribution in [0.15, 0.2) is 24.3 Å². The second-order valence-corrected chi connectivity index (χ2v) is 5.84. The number of rotatable bonds is 5. The van der Waals surface area contributed by atoms with Crippen molar-refractivity contribution in [3.05, 3.63) is 52.3 Å². The molecule has 0 aliphatic rings. The van der Waals surface area contributed by atoms with Crippen molar-refractivity contribution in [2.24, 2.45) is 7.05 Å². The summed E-state index contributed by atoms with van der Waals surface area (Å²) in [6.45, 7) is 3.21. The Labute approximate surface area is 144 Å². The van der Waals surface area contributed by atoms with Gasteiger partial charge in [-0.1, -0.05) is 12.1 Å². The highest BCUT2D eigenvalue weighted by Gasteiger charge is 2.43. The molecule has 1 amide bonds. The van der Waals surface area contributed by atoms with Crippen molar-refractivity contribution in [3.63, 3.8) is 0 Å². The molecule has 2 rings (SSSR count). The van der Waals surface area contributed by atoms with Crippen molar-refractivity contribution < 1.29 is 18.0 Å². The van der Waals surface area contributed by atoms with Crippen LogP contribution < -0.4 is 10.6 Å². The van der Waals surface area contributed by atoms with Gasteiger partial charge in [0.15, 0.2) is 0 Å². The molecule has 1 aromatic carbocycles. The van der Waals surface area contributed by atoms with Gasteiger partial charge in [0, 0.05) is 37.5 Å². The number of aromatic nitrogens is 2. The minimum absolute atomic E-state index is 0.0198. The summed E-state index contributed by atoms with van der Waals surface area (Å²) in [5, 5.41) is 9.14. The number of aryl methyl sites for hydroxylation is 2. The quantitative estimate of drug-likeness (QED) is 0.868. The van der Waals surface area contributed by atoms with Crippen molar-refractivity contribution in [2.45, 2.75) is 32.6 Å². The fraction of sp³-hybridized carbons (Fsp3) is 0.412. The lowest BCUT2D eigenvalue weighted by Crippen LogP contribution is -2.34. The van der Waals surface area contributed by atoms with Gasteiger partial charge in [0.25, 0.3) is 5.91 Å². The highest BCUT2D eigenvalue weighted by atomic mass is 19.4. The summed E-state index contributed by atoms with van der Waals surface area (Å²) >= 11 is 0. The fourth-order valence-electron chi connectivity index (χ4n) is 2.73. The van der Waals surface area contributed by atoms with Gasteiger partial charge in [0.05, 0.1) is 5.69 Å². The first-order valence-electron chi connectivity index (χ1n) is 7.76. The Hall–Kier alpha value is -2.35. The molecule has 1 aromatic heterocycles. The van der Waals surface area contributed by atoms with E-state index in [1.807, 2.05) is 0 Å². The highest BCUT2D eigenvalue weighted by molar-refractivity contribution is 5.93. The third-order valence-corrected chi connectivity index (χ3v) is 4.13. The van der Waals surface area contributed by atoms with Crippen LogP contribution in [-0.4, -0.2) is 28.9 Å². The number of hydrogen-bond donors (Lipinski definition) is 2. The molecule has 25 heavy (non-hydrogen) atoms. The van der Waals surface area contributed by atoms with E-state index in [9.17, 15) is 18.0 Å². The molecule has 1 unspecified atom stereocenters. The van der Waals surface area contributed by atoms with E-state index in [1.54, 1.807) is 45.2 Å². The standard InChI is InChI=1S/C17H21F3N4O/c1-10-14(11(2)24(4)23-10)15(17(18,19)20)22-9-12-5-7-13(8-6-12)16(25)21-3/h5-8,15,22H,9H2,1-4H3,(H,21,25). The largest absolute Gasteiger partial charge is 0.408 e. The minimum Gasteiger partial charge on any atom is -0.355 e. The van der Waals surface area contributed by atoms with E-state index in [1.165, 1.54) is 11.7 Å². The van der Waals surface area contributed by atoms with Gasteiger partial charge in [-0.3, -0.25) is 14.8 Å². The van der Waals surface area contributed by atoms with Crippen molar-refractivity contribution >= 4 is 5.91 Å². The average Bonchev–Trinajstić information content (AvgIpc) is 2.80. The van der Waals surface area contributed by atoms with Crippen LogP contribution >= 0.6 is 0 Å². The first-order chi connectivity index (χ1) is 11.6. The fourth-order valence-corrected chi connectivity index (χ4v) is 2.73. The first kappa shape index (κ1) is 19.0. The van der Waals surface area contributed by atoms with E-state index in [2.05, 4.69) is 15.7 Å². The van der Waals surface area contributed by atoms with Gasteiger partial charge in [0.2, 0.25) is 0 Å². The number of amides is 1. The maximum atomic E-state index is 13.5. The van der Waals surface area contributed by atoms with Crippen molar-refractivity contribution in [1.29, 1.82) is 0 Å². The summed E-state index contributed by atoms with van der Waals surface area (Å²) in [7, 11) is 3.14. The Bertz CT molecular complexity index is 750. The Morgan fingerprint density at radius 1 is 1.24 bits per heavy atom. The normalized spacial score (nSPS) is 12.9. The molecular formula is C17H21F3N4O. The van der Waals surface area contributed by atoms with E-state index in [4.69, 9.17) is 0 Å². The van der Waals surface area contributed by atoms with Crippen LogP contribution in [0.4, 0.5) is 13.2 Å². The predicted octanol–water partition coefficient (Wildman–Crippen LogP) is 2.79. The monoisotopic (exact) mass is 354 g/mol. The van der Waals surface area contributed by atoms with E-state index in [0.29, 0.717) is 22.5 Å². The summed E-state index contributed by atoms with van der Waals surface area (Å²) in [6.07, 6.45) is -4.44. The molecule has 0 saturated heterocycles. The Kier molecular flexibility index (Phi) is 5.52. The van der Waals surface area contributed by atoms with Crippen LogP contribution in [-0.2, 0) is 13.6 Å². The molecule has 0 aliphatic carbocycles. The summed E-state index contributed by atoms with van der Waals surface area (Å²) < 4.78 is 42.1. The topological polar surface area (TPSA) is 59.0 Å². The smallest absolute Gasteiger partial charge is 0.355 e. The van der Waals surface area contributed by atoms with Crippen LogP contribution in [0.2, 0.25) is 0 Å². The van der Waals surface area contributed by atoms with E-state index in [-0.39, 0.29) is 18.0 Å². The van der Waals surface area contributed by atoms with Crippen LogP contribution in [0.5, 0.6) is 0 Å². The zero-order chi connectivity index (χ0) is 18.8. The third-order valence-electron chi connectivity index (χ3n) is 4.13. The summed E-state index contributed by atoms with van der Waals surface area (Å²) in [5.41, 5.74) is 2.09. The summed E-state index contributed by atoms with van der Waals surface area (Å²) in [5.74, 6) is -0.241. The molecule has 0 fully saturated rings. The average molecular weight is 354 g/mol. The van der Waals surface area contributed by atoms with E-state index < -0.39 is 12.2 Å². The number of nitrogens with zero attached hydrogens (tertiary/aromatic N) is 2. The maximum absolute atomic E-state index is 13.5. The number of hydrogen-bond acceptors (Lipinski definition) is 3. The van der Waals surface area contributed by atoms with Crippen molar-refractivity contribution in [3.8, 4) is 0 Å². The molecule has 1 heterocycles. The molecule has 0 radical (unpaired) electrons. The molecule has 0 spiro atoms. The van der Waals surface area contributed by atoms with Gasteiger partial charge in [-0.2, -0.15) is 18.3 Å². The van der Waals surface area contributed by atoms with Gasteiger partial charge in [-0.15, -0.1) is 0 Å². The van der Waals surface area contributed by atoms with E-state index in [0.717, 1.165) is 0 Å². The summed E-state index contributed by atoms with van der Waals surface area (Å²) in [6, 6.07) is 4.62. The predicted molar refractivity (Wildman–Crippen MR) is 88.1 cm³/mol. The highest BCUT2D eigenvalue weighted by Crippen LogP contribution is 2.36. The number of carbonyl (C=O) groups is 1. The SMILES string of the molecule is CNC(=O)c1ccc(CNC(c2c(C)nn(C)c2C)C(F)(F)F)cc1. The van der Waals surface area contributed by atoms with Crippen LogP contribution in [0.1, 0.15) is 38.9 Å². The molecule has 0 saturated carbocycles. The molecular weight excluding hydrogens is 333 g/mol. The molecule has 8 heteroatoms. The molecule has 136 valence electrons. The van der Waals surface area contributed by atoms with Crippen molar-refractivity contribution in [1.82, 2.24) is 20.4 Å². The Morgan fingerprint density at radius 2 is 1.84 bits per heavy atom. The number of carbonyl (C=O) groups excluding carboxylic acids is 1. The second kappa shape index (κ2) is 7.26. The molecule has 1 atom stereocenters. The summed E-state index contributed by atoms with van der Waals surface area (Å²) in [4.78, 5) is 11.5. The van der Waals surface area contributed by atoms with Crippen LogP contribution in [0.25, 0.3) is 0 Å². The number of alkyl halides is 3. The number of nitrogens with one attached hydrogen (secondary N) is 2. The zero-order valence-electron chi connectivity index (χ0n) is 14.5. The molecule has 2 N–H and O–H groups in total. The number of benzene rings is 1. The van der Waals surface area contributed by atoms with Crippen LogP contribution in [0.3, 0.4) is 0 Å². The van der Waals surface area contributed by atoms with Gasteiger partial charge in [-0.25, -0.2) is 0 Å². The lowest BCUT2D eigenvalue weighted by molar-refractivity contribution is -0.158.